The van der Waals surface area contributed by atoms with Crippen LogP contribution in [0.4, 0.5) is 0 Å². The molecule has 0 saturated carbocycles. The summed E-state index contributed by atoms with van der Waals surface area (Å²) in [6.45, 7) is 6.69. The summed E-state index contributed by atoms with van der Waals surface area (Å²) in [5.41, 5.74) is 16.2. The molecule has 0 aliphatic rings. The van der Waals surface area contributed by atoms with Crippen molar-refractivity contribution >= 4 is 95.9 Å². The van der Waals surface area contributed by atoms with Crippen molar-refractivity contribution in [2.45, 2.75) is 26.2 Å². The minimum absolute atomic E-state index is 0. The van der Waals surface area contributed by atoms with E-state index in [1.165, 1.54) is 68.2 Å². The molecule has 0 saturated heterocycles. The van der Waals surface area contributed by atoms with Gasteiger partial charge in [-0.05, 0) is 133 Å². The van der Waals surface area contributed by atoms with Gasteiger partial charge < -0.3 is 13.9 Å². The van der Waals surface area contributed by atoms with E-state index >= 15 is 0 Å². The maximum atomic E-state index is 6.78. The van der Waals surface area contributed by atoms with Crippen molar-refractivity contribution in [3.8, 4) is 73.2 Å². The topological polar surface area (TPSA) is 35.9 Å². The number of hydrogen-bond acceptors (Lipinski definition) is 4. The summed E-state index contributed by atoms with van der Waals surface area (Å²) in [5.74, 6) is 1.98. The van der Waals surface area contributed by atoms with Crippen LogP contribution in [-0.2, 0) is 26.5 Å². The van der Waals surface area contributed by atoms with Crippen LogP contribution in [0.1, 0.15) is 26.3 Å². The molecule has 16 rings (SSSR count). The van der Waals surface area contributed by atoms with E-state index in [1.54, 1.807) is 0 Å². The third kappa shape index (κ3) is 8.85. The minimum atomic E-state index is -0.0470. The Morgan fingerprint density at radius 2 is 0.976 bits per heavy atom. The van der Waals surface area contributed by atoms with Crippen LogP contribution in [0.15, 0.2) is 249 Å². The molecule has 0 bridgehead atoms. The summed E-state index contributed by atoms with van der Waals surface area (Å²) in [6, 6.07) is 94.7. The van der Waals surface area contributed by atoms with E-state index < -0.39 is 0 Å². The van der Waals surface area contributed by atoms with Crippen LogP contribution in [0.3, 0.4) is 0 Å². The van der Waals surface area contributed by atoms with Gasteiger partial charge in [0.15, 0.2) is 0 Å². The van der Waals surface area contributed by atoms with Crippen LogP contribution in [0, 0.1) is 18.5 Å². The van der Waals surface area contributed by atoms with Gasteiger partial charge in [-0.3, -0.25) is 4.57 Å². The smallest absolute Gasteiger partial charge is 0.268 e. The zero-order valence-corrected chi connectivity index (χ0v) is 49.9. The van der Waals surface area contributed by atoms with E-state index in [4.69, 9.17) is 9.72 Å². The van der Waals surface area contributed by atoms with Gasteiger partial charge >= 0.3 is 0 Å². The van der Waals surface area contributed by atoms with E-state index in [0.29, 0.717) is 11.5 Å². The predicted octanol–water partition coefficient (Wildman–Crippen LogP) is 20.3. The molecule has 5 nitrogen and oxygen atoms in total. The standard InChI is InChI=1S/C76H50N4OS2.Pt/c1-76(2,3)54-38-39-77-74(44-54)80-66-25-11-10-22-60(66)61-33-32-57(46-69(61)80)81-56-21-14-20-55(45-56)78-47-79(68-27-13-12-26-67(68)78)75-58(52-30-36-72-64(42-52)62-40-50(28-34-70(62)82-72)48-16-6-4-7-17-48)23-15-24-59(75)53-31-37-73-65(43-53)63-41-51(29-35-71(63)83-73)49-18-8-5-9-19-49;/h4-44H,1-3H3;/q-2;. The van der Waals surface area contributed by atoms with Crippen molar-refractivity contribution in [3.05, 3.63) is 273 Å². The number of imidazole rings is 1. The van der Waals surface area contributed by atoms with Crippen LogP contribution in [0.25, 0.3) is 135 Å². The Bertz CT molecular complexity index is 5060. The number of ether oxygens (including phenoxy) is 1. The van der Waals surface area contributed by atoms with Crippen LogP contribution >= 0.6 is 22.7 Å². The Labute approximate surface area is 508 Å². The SMILES string of the molecule is CC(C)(C)c1ccnc(-n2c3[c-]c(Oc4[c-]c(-n5[c-][n+](-c6c(-c7ccc8sc9ccc(-c%10ccccc%10)cc9c8c7)cccc6-c6ccc7sc8ccc(-c9ccccc9)cc8c7c6)c6ccccc65)ccc4)ccc3c3ccccc32)c1.[Pt]. The fraction of sp³-hybridized carbons (Fsp3) is 0.0526. The molecular weight excluding hydrogens is 1240 g/mol. The first-order valence-electron chi connectivity index (χ1n) is 28.0. The van der Waals surface area contributed by atoms with Crippen molar-refractivity contribution in [1.29, 1.82) is 0 Å². The average Bonchev–Trinajstić information content (AvgIpc) is 3.20. The van der Waals surface area contributed by atoms with Crippen molar-refractivity contribution in [3.63, 3.8) is 0 Å². The van der Waals surface area contributed by atoms with Crippen LogP contribution in [-0.4, -0.2) is 14.1 Å². The average molecular weight is 1290 g/mol. The number of benzene rings is 11. The van der Waals surface area contributed by atoms with Crippen LogP contribution in [0.5, 0.6) is 11.5 Å². The molecule has 11 aromatic carbocycles. The second-order valence-corrected chi connectivity index (χ2v) is 24.5. The fourth-order valence-electron chi connectivity index (χ4n) is 12.1. The number of pyridine rings is 1. The molecule has 0 atom stereocenters. The van der Waals surface area contributed by atoms with E-state index in [9.17, 15) is 0 Å². The monoisotopic (exact) mass is 1290 g/mol. The predicted molar refractivity (Wildman–Crippen MR) is 346 cm³/mol. The summed E-state index contributed by atoms with van der Waals surface area (Å²) in [6.07, 6.45) is 5.83. The van der Waals surface area contributed by atoms with Gasteiger partial charge in [0, 0.05) is 84.6 Å². The molecule has 0 fully saturated rings. The second-order valence-electron chi connectivity index (χ2n) is 22.3. The van der Waals surface area contributed by atoms with Crippen LogP contribution < -0.4 is 9.30 Å². The molecule has 16 aromatic rings. The van der Waals surface area contributed by atoms with Crippen molar-refractivity contribution in [1.82, 2.24) is 14.1 Å². The molecule has 404 valence electrons. The number of thiophene rings is 2. The van der Waals surface area contributed by atoms with Crippen molar-refractivity contribution in [2.75, 3.05) is 0 Å². The van der Waals surface area contributed by atoms with E-state index in [0.717, 1.165) is 72.3 Å². The number of fused-ring (bicyclic) bond motifs is 10. The van der Waals surface area contributed by atoms with Gasteiger partial charge in [0.25, 0.3) is 6.33 Å². The normalized spacial score (nSPS) is 11.9. The molecule has 0 amide bonds. The van der Waals surface area contributed by atoms with E-state index in [-0.39, 0.29) is 26.5 Å². The Kier molecular flexibility index (Phi) is 12.7. The molecule has 0 aliphatic carbocycles. The van der Waals surface area contributed by atoms with Crippen molar-refractivity contribution < 1.29 is 30.4 Å². The summed E-state index contributed by atoms with van der Waals surface area (Å²) >= 11 is 3.69. The third-order valence-corrected chi connectivity index (χ3v) is 18.5. The quantitative estimate of drug-likeness (QED) is 0.107. The molecule has 0 spiro atoms. The second kappa shape index (κ2) is 20.6. The molecule has 84 heavy (non-hydrogen) atoms. The zero-order chi connectivity index (χ0) is 55.3. The zero-order valence-electron chi connectivity index (χ0n) is 46.0. The van der Waals surface area contributed by atoms with Gasteiger partial charge in [-0.15, -0.1) is 52.3 Å². The van der Waals surface area contributed by atoms with Gasteiger partial charge in [-0.1, -0.05) is 172 Å². The first-order valence-corrected chi connectivity index (χ1v) is 29.6. The molecule has 0 radical (unpaired) electrons. The fourth-order valence-corrected chi connectivity index (χ4v) is 14.2. The molecule has 5 aromatic heterocycles. The molecule has 5 heterocycles. The first kappa shape index (κ1) is 51.6. The Morgan fingerprint density at radius 3 is 1.60 bits per heavy atom. The largest absolute Gasteiger partial charge is 0.510 e. The van der Waals surface area contributed by atoms with Gasteiger partial charge in [0.05, 0.1) is 16.7 Å². The molecule has 0 aliphatic heterocycles. The first-order chi connectivity index (χ1) is 40.7. The van der Waals surface area contributed by atoms with Gasteiger partial charge in [0.2, 0.25) is 0 Å². The number of para-hydroxylation sites is 4. The Hall–Kier alpha value is -9.23. The summed E-state index contributed by atoms with van der Waals surface area (Å²) in [7, 11) is 0. The molecule has 0 unspecified atom stereocenters. The number of rotatable bonds is 9. The Morgan fingerprint density at radius 1 is 0.440 bits per heavy atom. The number of aromatic nitrogens is 4. The van der Waals surface area contributed by atoms with Crippen LogP contribution in [0.2, 0.25) is 0 Å². The molecule has 8 heteroatoms. The van der Waals surface area contributed by atoms with Gasteiger partial charge in [-0.25, -0.2) is 4.98 Å². The minimum Gasteiger partial charge on any atom is -0.510 e. The Balaban J connectivity index is 0.00000600. The van der Waals surface area contributed by atoms with E-state index in [1.807, 2.05) is 47.1 Å². The summed E-state index contributed by atoms with van der Waals surface area (Å²) in [5, 5.41) is 7.20. The maximum Gasteiger partial charge on any atom is 0.268 e. The summed E-state index contributed by atoms with van der Waals surface area (Å²) < 4.78 is 18.4. The molecular formula is C76H50N4OPtS2-2. The summed E-state index contributed by atoms with van der Waals surface area (Å²) in [4.78, 5) is 4.90. The van der Waals surface area contributed by atoms with E-state index in [2.05, 4.69) is 277 Å². The third-order valence-electron chi connectivity index (χ3n) is 16.2. The maximum absolute atomic E-state index is 6.78. The van der Waals surface area contributed by atoms with Gasteiger partial charge in [-0.2, -0.15) is 18.2 Å². The van der Waals surface area contributed by atoms with Crippen molar-refractivity contribution in [2.24, 2.45) is 0 Å². The number of hydrogen-bond donors (Lipinski definition) is 0. The van der Waals surface area contributed by atoms with Gasteiger partial charge in [0.1, 0.15) is 5.82 Å². The number of nitrogens with zero attached hydrogens (tertiary/aromatic N) is 4. The molecule has 0 N–H and O–H groups in total.